The SMILES string of the molecule is C=CN(C)CCC(=O)OCc1ccccc1. The summed E-state index contributed by atoms with van der Waals surface area (Å²) in [6.07, 6.45) is 2.07. The Bertz CT molecular complexity index is 335. The molecule has 16 heavy (non-hydrogen) atoms. The summed E-state index contributed by atoms with van der Waals surface area (Å²) in [6, 6.07) is 9.65. The molecule has 0 N–H and O–H groups in total. The van der Waals surface area contributed by atoms with Gasteiger partial charge < -0.3 is 9.64 Å². The molecular formula is C13H17NO2. The van der Waals surface area contributed by atoms with Gasteiger partial charge in [-0.2, -0.15) is 0 Å². The summed E-state index contributed by atoms with van der Waals surface area (Å²) in [5.74, 6) is -0.183. The molecule has 1 rings (SSSR count). The first-order valence-corrected chi connectivity index (χ1v) is 5.24. The smallest absolute Gasteiger partial charge is 0.307 e. The van der Waals surface area contributed by atoms with Gasteiger partial charge in [-0.05, 0) is 11.8 Å². The lowest BCUT2D eigenvalue weighted by Gasteiger charge is -2.12. The lowest BCUT2D eigenvalue weighted by molar-refractivity contribution is -0.145. The monoisotopic (exact) mass is 219 g/mol. The fourth-order valence-corrected chi connectivity index (χ4v) is 1.17. The van der Waals surface area contributed by atoms with Gasteiger partial charge in [-0.15, -0.1) is 0 Å². The molecule has 1 aromatic carbocycles. The quantitative estimate of drug-likeness (QED) is 0.687. The normalized spacial score (nSPS) is 9.56. The van der Waals surface area contributed by atoms with Crippen molar-refractivity contribution < 1.29 is 9.53 Å². The maximum absolute atomic E-state index is 11.4. The van der Waals surface area contributed by atoms with E-state index < -0.39 is 0 Å². The minimum atomic E-state index is -0.183. The van der Waals surface area contributed by atoms with E-state index in [2.05, 4.69) is 6.58 Å². The van der Waals surface area contributed by atoms with E-state index in [4.69, 9.17) is 4.74 Å². The predicted octanol–water partition coefficient (Wildman–Crippen LogP) is 2.20. The number of carbonyl (C=O) groups excluding carboxylic acids is 1. The van der Waals surface area contributed by atoms with Crippen molar-refractivity contribution in [3.63, 3.8) is 0 Å². The van der Waals surface area contributed by atoms with Crippen molar-refractivity contribution in [2.45, 2.75) is 13.0 Å². The van der Waals surface area contributed by atoms with Gasteiger partial charge in [0.2, 0.25) is 0 Å². The van der Waals surface area contributed by atoms with E-state index in [1.807, 2.05) is 42.3 Å². The van der Waals surface area contributed by atoms with Crippen LogP contribution in [0.25, 0.3) is 0 Å². The second-order valence-corrected chi connectivity index (χ2v) is 3.56. The Hall–Kier alpha value is -1.77. The van der Waals surface area contributed by atoms with Crippen molar-refractivity contribution >= 4 is 5.97 Å². The molecule has 0 spiro atoms. The Morgan fingerprint density at radius 2 is 2.12 bits per heavy atom. The van der Waals surface area contributed by atoms with Crippen LogP contribution in [0.1, 0.15) is 12.0 Å². The third-order valence-electron chi connectivity index (χ3n) is 2.22. The average Bonchev–Trinajstić information content (AvgIpc) is 2.34. The highest BCUT2D eigenvalue weighted by Gasteiger charge is 2.03. The Morgan fingerprint density at radius 3 is 2.75 bits per heavy atom. The summed E-state index contributed by atoms with van der Waals surface area (Å²) in [6.45, 7) is 4.59. The van der Waals surface area contributed by atoms with Crippen molar-refractivity contribution in [1.29, 1.82) is 0 Å². The molecule has 0 aliphatic carbocycles. The second-order valence-electron chi connectivity index (χ2n) is 3.56. The van der Waals surface area contributed by atoms with Crippen molar-refractivity contribution in [2.24, 2.45) is 0 Å². The number of benzene rings is 1. The Morgan fingerprint density at radius 1 is 1.44 bits per heavy atom. The lowest BCUT2D eigenvalue weighted by Crippen LogP contribution is -2.16. The van der Waals surface area contributed by atoms with E-state index in [0.29, 0.717) is 19.6 Å². The minimum Gasteiger partial charge on any atom is -0.461 e. The van der Waals surface area contributed by atoms with Crippen molar-refractivity contribution in [1.82, 2.24) is 4.90 Å². The van der Waals surface area contributed by atoms with Gasteiger partial charge in [0.25, 0.3) is 0 Å². The molecule has 0 heterocycles. The van der Waals surface area contributed by atoms with E-state index >= 15 is 0 Å². The molecule has 0 amide bonds. The number of carbonyl (C=O) groups is 1. The van der Waals surface area contributed by atoms with Crippen molar-refractivity contribution in [3.8, 4) is 0 Å². The van der Waals surface area contributed by atoms with Crippen LogP contribution >= 0.6 is 0 Å². The summed E-state index contributed by atoms with van der Waals surface area (Å²) in [5.41, 5.74) is 1.01. The molecule has 0 aliphatic heterocycles. The topological polar surface area (TPSA) is 29.5 Å². The number of ether oxygens (including phenoxy) is 1. The van der Waals surface area contributed by atoms with Crippen molar-refractivity contribution in [3.05, 3.63) is 48.7 Å². The molecule has 3 nitrogen and oxygen atoms in total. The molecule has 0 saturated carbocycles. The molecule has 0 radical (unpaired) electrons. The number of rotatable bonds is 6. The molecule has 0 saturated heterocycles. The van der Waals surface area contributed by atoms with E-state index in [9.17, 15) is 4.79 Å². The fraction of sp³-hybridized carbons (Fsp3) is 0.308. The number of hydrogen-bond acceptors (Lipinski definition) is 3. The van der Waals surface area contributed by atoms with Crippen LogP contribution in [0.2, 0.25) is 0 Å². The molecule has 86 valence electrons. The first-order chi connectivity index (χ1) is 7.72. The van der Waals surface area contributed by atoms with Gasteiger partial charge in [-0.1, -0.05) is 36.9 Å². The van der Waals surface area contributed by atoms with Crippen LogP contribution in [0.5, 0.6) is 0 Å². The third-order valence-corrected chi connectivity index (χ3v) is 2.22. The van der Waals surface area contributed by atoms with E-state index in [-0.39, 0.29) is 5.97 Å². The standard InChI is InChI=1S/C13H17NO2/c1-3-14(2)10-9-13(15)16-11-12-7-5-4-6-8-12/h3-8H,1,9-11H2,2H3. The summed E-state index contributed by atoms with van der Waals surface area (Å²) in [7, 11) is 1.87. The predicted molar refractivity (Wildman–Crippen MR) is 63.7 cm³/mol. The highest BCUT2D eigenvalue weighted by molar-refractivity contribution is 5.69. The molecule has 1 aromatic rings. The summed E-state index contributed by atoms with van der Waals surface area (Å²) in [4.78, 5) is 13.2. The van der Waals surface area contributed by atoms with Crippen LogP contribution < -0.4 is 0 Å². The fourth-order valence-electron chi connectivity index (χ4n) is 1.17. The Labute approximate surface area is 96.3 Å². The lowest BCUT2D eigenvalue weighted by atomic mass is 10.2. The Balaban J connectivity index is 2.23. The zero-order valence-electron chi connectivity index (χ0n) is 9.56. The van der Waals surface area contributed by atoms with Crippen LogP contribution in [0, 0.1) is 0 Å². The maximum Gasteiger partial charge on any atom is 0.307 e. The van der Waals surface area contributed by atoms with E-state index in [1.54, 1.807) is 6.20 Å². The summed E-state index contributed by atoms with van der Waals surface area (Å²) in [5, 5.41) is 0. The third kappa shape index (κ3) is 4.64. The van der Waals surface area contributed by atoms with E-state index in [0.717, 1.165) is 5.56 Å². The molecular weight excluding hydrogens is 202 g/mol. The van der Waals surface area contributed by atoms with Gasteiger partial charge in [0.1, 0.15) is 6.61 Å². The van der Waals surface area contributed by atoms with Gasteiger partial charge in [-0.25, -0.2) is 0 Å². The van der Waals surface area contributed by atoms with Gasteiger partial charge in [0.05, 0.1) is 6.42 Å². The van der Waals surface area contributed by atoms with Crippen LogP contribution in [0.4, 0.5) is 0 Å². The first-order valence-electron chi connectivity index (χ1n) is 5.24. The molecule has 3 heteroatoms. The minimum absolute atomic E-state index is 0.183. The van der Waals surface area contributed by atoms with Crippen LogP contribution in [0.15, 0.2) is 43.1 Å². The average molecular weight is 219 g/mol. The van der Waals surface area contributed by atoms with Crippen LogP contribution in [-0.4, -0.2) is 24.5 Å². The molecule has 0 atom stereocenters. The molecule has 0 aliphatic rings. The summed E-state index contributed by atoms with van der Waals surface area (Å²) >= 11 is 0. The molecule has 0 unspecified atom stereocenters. The van der Waals surface area contributed by atoms with Crippen LogP contribution in [-0.2, 0) is 16.1 Å². The van der Waals surface area contributed by atoms with Gasteiger partial charge in [-0.3, -0.25) is 4.79 Å². The van der Waals surface area contributed by atoms with Crippen molar-refractivity contribution in [2.75, 3.05) is 13.6 Å². The van der Waals surface area contributed by atoms with Gasteiger partial charge in [0.15, 0.2) is 0 Å². The number of esters is 1. The van der Waals surface area contributed by atoms with Gasteiger partial charge >= 0.3 is 5.97 Å². The van der Waals surface area contributed by atoms with Gasteiger partial charge in [0, 0.05) is 13.6 Å². The number of nitrogens with zero attached hydrogens (tertiary/aromatic N) is 1. The highest BCUT2D eigenvalue weighted by atomic mass is 16.5. The zero-order chi connectivity index (χ0) is 11.8. The van der Waals surface area contributed by atoms with E-state index in [1.165, 1.54) is 0 Å². The zero-order valence-corrected chi connectivity index (χ0v) is 9.56. The summed E-state index contributed by atoms with van der Waals surface area (Å²) < 4.78 is 5.12. The first kappa shape index (κ1) is 12.3. The maximum atomic E-state index is 11.4. The second kappa shape index (κ2) is 6.67. The molecule has 0 fully saturated rings. The largest absolute Gasteiger partial charge is 0.461 e. The Kier molecular flexibility index (Phi) is 5.12. The van der Waals surface area contributed by atoms with Crippen LogP contribution in [0.3, 0.4) is 0 Å². The molecule has 0 bridgehead atoms. The molecule has 0 aromatic heterocycles. The number of hydrogen-bond donors (Lipinski definition) is 0. The highest BCUT2D eigenvalue weighted by Crippen LogP contribution is 2.01.